The molecule has 3 atom stereocenters. The number of halogens is 1. The monoisotopic (exact) mass is 437 g/mol. The first-order valence-electron chi connectivity index (χ1n) is 7.52. The predicted molar refractivity (Wildman–Crippen MR) is 105 cm³/mol. The molecule has 1 N–H and O–H groups in total. The molecule has 0 spiro atoms. The van der Waals surface area contributed by atoms with Crippen molar-refractivity contribution in [1.82, 2.24) is 9.97 Å². The number of hydrogen-bond donors (Lipinski definition) is 1. The first kappa shape index (κ1) is 17.7. The molecule has 6 heteroatoms. The number of anilines is 1. The maximum Gasteiger partial charge on any atom is 0.144 e. The number of rotatable bonds is 4. The van der Waals surface area contributed by atoms with Gasteiger partial charge in [0.05, 0.1) is 14.5 Å². The fourth-order valence-corrected chi connectivity index (χ4v) is 6.11. The molecule has 2 rings (SSSR count). The first-order chi connectivity index (χ1) is 9.93. The van der Waals surface area contributed by atoms with Crippen molar-refractivity contribution in [2.75, 3.05) is 17.6 Å². The van der Waals surface area contributed by atoms with Crippen LogP contribution < -0.4 is 5.32 Å². The van der Waals surface area contributed by atoms with Crippen LogP contribution in [0.2, 0.25) is 0 Å². The molecule has 0 saturated carbocycles. The molecule has 21 heavy (non-hydrogen) atoms. The molecule has 0 amide bonds. The van der Waals surface area contributed by atoms with Crippen molar-refractivity contribution in [2.24, 2.45) is 0 Å². The average Bonchev–Trinajstić information content (AvgIpc) is 2.44. The summed E-state index contributed by atoms with van der Waals surface area (Å²) in [4.78, 5) is 9.73. The van der Waals surface area contributed by atoms with E-state index < -0.39 is 0 Å². The van der Waals surface area contributed by atoms with Crippen LogP contribution >= 0.6 is 46.1 Å². The van der Waals surface area contributed by atoms with E-state index >= 15 is 0 Å². The van der Waals surface area contributed by atoms with Gasteiger partial charge >= 0.3 is 0 Å². The van der Waals surface area contributed by atoms with Crippen molar-refractivity contribution in [2.45, 2.75) is 56.3 Å². The Bertz CT molecular complexity index is 496. The van der Waals surface area contributed by atoms with Crippen molar-refractivity contribution in [3.63, 3.8) is 0 Å². The van der Waals surface area contributed by atoms with Gasteiger partial charge in [0.1, 0.15) is 11.6 Å². The van der Waals surface area contributed by atoms with Crippen molar-refractivity contribution < 1.29 is 0 Å². The minimum atomic E-state index is 0.410. The van der Waals surface area contributed by atoms with Crippen molar-refractivity contribution in [3.05, 3.63) is 15.1 Å². The van der Waals surface area contributed by atoms with Gasteiger partial charge in [-0.2, -0.15) is 11.8 Å². The topological polar surface area (TPSA) is 37.8 Å². The minimum absolute atomic E-state index is 0.410. The Morgan fingerprint density at radius 1 is 1.29 bits per heavy atom. The van der Waals surface area contributed by atoms with Gasteiger partial charge in [-0.15, -0.1) is 11.8 Å². The summed E-state index contributed by atoms with van der Waals surface area (Å²) in [6.45, 7) is 12.0. The van der Waals surface area contributed by atoms with Gasteiger partial charge in [0, 0.05) is 22.8 Å². The molecular weight excluding hydrogens is 413 g/mol. The summed E-state index contributed by atoms with van der Waals surface area (Å²) >= 11 is 6.44. The Balaban J connectivity index is 2.34. The number of hydrogen-bond acceptors (Lipinski definition) is 5. The van der Waals surface area contributed by atoms with E-state index in [4.69, 9.17) is 9.97 Å². The molecule has 1 aromatic heterocycles. The quantitative estimate of drug-likeness (QED) is 0.676. The van der Waals surface area contributed by atoms with E-state index in [0.717, 1.165) is 23.9 Å². The zero-order valence-corrected chi connectivity index (χ0v) is 17.1. The normalized spacial score (nSPS) is 26.1. The molecule has 118 valence electrons. The third-order valence-electron chi connectivity index (χ3n) is 3.62. The van der Waals surface area contributed by atoms with Crippen molar-refractivity contribution >= 4 is 51.9 Å². The predicted octanol–water partition coefficient (Wildman–Crippen LogP) is 4.93. The molecule has 3 nitrogen and oxygen atoms in total. The Labute approximate surface area is 150 Å². The lowest BCUT2D eigenvalue weighted by Crippen LogP contribution is -2.24. The number of aromatic nitrogens is 2. The lowest BCUT2D eigenvalue weighted by atomic mass is 10.1. The number of thioether (sulfide) groups is 2. The van der Waals surface area contributed by atoms with Crippen LogP contribution in [0.3, 0.4) is 0 Å². The second-order valence-corrected chi connectivity index (χ2v) is 9.76. The largest absolute Gasteiger partial charge is 0.369 e. The van der Waals surface area contributed by atoms with Gasteiger partial charge < -0.3 is 5.32 Å². The second-order valence-electron chi connectivity index (χ2n) is 5.68. The van der Waals surface area contributed by atoms with Crippen LogP contribution in [0.5, 0.6) is 0 Å². The summed E-state index contributed by atoms with van der Waals surface area (Å²) in [5.41, 5.74) is 1.17. The zero-order valence-electron chi connectivity index (χ0n) is 13.3. The highest BCUT2D eigenvalue weighted by atomic mass is 127. The zero-order chi connectivity index (χ0) is 15.6. The molecule has 3 unspecified atom stereocenters. The van der Waals surface area contributed by atoms with Crippen LogP contribution in [0.15, 0.2) is 0 Å². The molecule has 1 saturated heterocycles. The fraction of sp³-hybridized carbons (Fsp3) is 0.733. The van der Waals surface area contributed by atoms with E-state index in [-0.39, 0.29) is 0 Å². The van der Waals surface area contributed by atoms with E-state index in [1.807, 2.05) is 23.5 Å². The standard InChI is InChI=1S/C15H24IN3S2/c1-6-17-15-12(16)13(8(2)3)18-14(19-15)11-7-20-9(4)10(5)21-11/h8-11H,6-7H2,1-5H3,(H,17,18,19). The number of nitrogens with zero attached hydrogens (tertiary/aromatic N) is 2. The molecule has 1 fully saturated rings. The first-order valence-corrected chi connectivity index (χ1v) is 10.6. The van der Waals surface area contributed by atoms with Crippen LogP contribution in [0, 0.1) is 3.57 Å². The lowest BCUT2D eigenvalue weighted by molar-refractivity contribution is 0.771. The maximum absolute atomic E-state index is 4.91. The Hall–Kier alpha value is 0.310. The molecule has 0 bridgehead atoms. The maximum atomic E-state index is 4.91. The van der Waals surface area contributed by atoms with Gasteiger partial charge in [-0.3, -0.25) is 0 Å². The highest BCUT2D eigenvalue weighted by Crippen LogP contribution is 2.44. The summed E-state index contributed by atoms with van der Waals surface area (Å²) in [5, 5.41) is 5.18. The Morgan fingerprint density at radius 2 is 2.00 bits per heavy atom. The van der Waals surface area contributed by atoms with E-state index in [9.17, 15) is 0 Å². The number of nitrogens with one attached hydrogen (secondary N) is 1. The average molecular weight is 437 g/mol. The summed E-state index contributed by atoms with van der Waals surface area (Å²) in [7, 11) is 0. The van der Waals surface area contributed by atoms with Gasteiger partial charge in [-0.05, 0) is 35.4 Å². The van der Waals surface area contributed by atoms with E-state index in [2.05, 4.69) is 62.5 Å². The van der Waals surface area contributed by atoms with Crippen LogP contribution in [-0.4, -0.2) is 32.8 Å². The third kappa shape index (κ3) is 4.19. The van der Waals surface area contributed by atoms with E-state index in [0.29, 0.717) is 21.7 Å². The third-order valence-corrected chi connectivity index (χ3v) is 8.07. The van der Waals surface area contributed by atoms with Crippen molar-refractivity contribution in [3.8, 4) is 0 Å². The summed E-state index contributed by atoms with van der Waals surface area (Å²) < 4.78 is 1.17. The van der Waals surface area contributed by atoms with Crippen molar-refractivity contribution in [1.29, 1.82) is 0 Å². The smallest absolute Gasteiger partial charge is 0.144 e. The van der Waals surface area contributed by atoms with E-state index in [1.165, 1.54) is 9.26 Å². The highest BCUT2D eigenvalue weighted by Gasteiger charge is 2.29. The molecule has 0 aromatic carbocycles. The summed E-state index contributed by atoms with van der Waals surface area (Å²) in [5.74, 6) is 3.54. The summed E-state index contributed by atoms with van der Waals surface area (Å²) in [6.07, 6.45) is 0. The van der Waals surface area contributed by atoms with Gasteiger partial charge in [0.25, 0.3) is 0 Å². The summed E-state index contributed by atoms with van der Waals surface area (Å²) in [6, 6.07) is 0. The molecule has 2 heterocycles. The molecule has 1 aliphatic rings. The van der Waals surface area contributed by atoms with Gasteiger partial charge in [0.2, 0.25) is 0 Å². The molecule has 0 radical (unpaired) electrons. The Kier molecular flexibility index (Phi) is 6.50. The van der Waals surface area contributed by atoms with Crippen LogP contribution in [0.4, 0.5) is 5.82 Å². The minimum Gasteiger partial charge on any atom is -0.369 e. The lowest BCUT2D eigenvalue weighted by Gasteiger charge is -2.31. The fourth-order valence-electron chi connectivity index (χ4n) is 2.21. The molecule has 0 aliphatic carbocycles. The van der Waals surface area contributed by atoms with Gasteiger partial charge in [-0.25, -0.2) is 9.97 Å². The van der Waals surface area contributed by atoms with Crippen LogP contribution in [0.1, 0.15) is 57.3 Å². The van der Waals surface area contributed by atoms with Crippen LogP contribution in [0.25, 0.3) is 0 Å². The van der Waals surface area contributed by atoms with Gasteiger partial charge in [-0.1, -0.05) is 27.7 Å². The molecule has 1 aromatic rings. The molecular formula is C15H24IN3S2. The molecule has 1 aliphatic heterocycles. The Morgan fingerprint density at radius 3 is 2.57 bits per heavy atom. The van der Waals surface area contributed by atoms with E-state index in [1.54, 1.807) is 0 Å². The SMILES string of the molecule is CCNc1nc(C2CSC(C)C(C)S2)nc(C(C)C)c1I. The van der Waals surface area contributed by atoms with Gasteiger partial charge in [0.15, 0.2) is 0 Å². The van der Waals surface area contributed by atoms with Crippen LogP contribution in [-0.2, 0) is 0 Å². The second kappa shape index (κ2) is 7.73. The highest BCUT2D eigenvalue weighted by molar-refractivity contribution is 14.1.